The SMILES string of the molecule is NNC(=O)c1ccc2c3c(cccc13)CC2. The first kappa shape index (κ1) is 9.36. The Hall–Kier alpha value is -1.87. The van der Waals surface area contributed by atoms with Crippen LogP contribution in [-0.4, -0.2) is 5.91 Å². The highest BCUT2D eigenvalue weighted by molar-refractivity contribution is 6.08. The zero-order chi connectivity index (χ0) is 11.1. The van der Waals surface area contributed by atoms with Gasteiger partial charge in [-0.2, -0.15) is 0 Å². The van der Waals surface area contributed by atoms with E-state index >= 15 is 0 Å². The molecule has 1 aliphatic rings. The number of hydrazine groups is 1. The fourth-order valence-corrected chi connectivity index (χ4v) is 2.52. The van der Waals surface area contributed by atoms with E-state index in [9.17, 15) is 4.79 Å². The normalized spacial score (nSPS) is 13.1. The summed E-state index contributed by atoms with van der Waals surface area (Å²) < 4.78 is 0. The lowest BCUT2D eigenvalue weighted by Gasteiger charge is -2.07. The van der Waals surface area contributed by atoms with Crippen molar-refractivity contribution >= 4 is 16.7 Å². The summed E-state index contributed by atoms with van der Waals surface area (Å²) in [4.78, 5) is 11.6. The molecule has 0 heterocycles. The third-order valence-electron chi connectivity index (χ3n) is 3.25. The predicted octanol–water partition coefficient (Wildman–Crippen LogP) is 1.54. The van der Waals surface area contributed by atoms with Gasteiger partial charge in [0.25, 0.3) is 5.91 Å². The Kier molecular flexibility index (Phi) is 1.94. The molecule has 1 amide bonds. The number of carbonyl (C=O) groups excluding carboxylic acids is 1. The molecule has 1 aliphatic carbocycles. The molecule has 3 nitrogen and oxygen atoms in total. The van der Waals surface area contributed by atoms with E-state index in [0.717, 1.165) is 18.2 Å². The van der Waals surface area contributed by atoms with Crippen LogP contribution in [0.15, 0.2) is 30.3 Å². The summed E-state index contributed by atoms with van der Waals surface area (Å²) in [5.74, 6) is 4.96. The van der Waals surface area contributed by atoms with E-state index in [-0.39, 0.29) is 5.91 Å². The Bertz CT molecular complexity index is 579. The molecule has 0 aromatic heterocycles. The highest BCUT2D eigenvalue weighted by Crippen LogP contribution is 2.32. The van der Waals surface area contributed by atoms with Crippen molar-refractivity contribution in [3.8, 4) is 0 Å². The highest BCUT2D eigenvalue weighted by atomic mass is 16.2. The maximum absolute atomic E-state index is 11.6. The van der Waals surface area contributed by atoms with Crippen LogP contribution in [0.2, 0.25) is 0 Å². The summed E-state index contributed by atoms with van der Waals surface area (Å²) in [7, 11) is 0. The van der Waals surface area contributed by atoms with Crippen LogP contribution in [0.1, 0.15) is 21.5 Å². The molecule has 3 N–H and O–H groups in total. The minimum atomic E-state index is -0.226. The average Bonchev–Trinajstić information content (AvgIpc) is 2.74. The Balaban J connectivity index is 2.38. The molecule has 0 saturated carbocycles. The number of hydrogen-bond acceptors (Lipinski definition) is 2. The quantitative estimate of drug-likeness (QED) is 0.428. The first-order valence-electron chi connectivity index (χ1n) is 5.35. The number of carbonyl (C=O) groups is 1. The second-order valence-electron chi connectivity index (χ2n) is 4.09. The Labute approximate surface area is 93.2 Å². The van der Waals surface area contributed by atoms with E-state index in [4.69, 9.17) is 5.84 Å². The van der Waals surface area contributed by atoms with Crippen LogP contribution in [0.5, 0.6) is 0 Å². The number of nitrogens with two attached hydrogens (primary N) is 1. The first-order chi connectivity index (χ1) is 7.81. The minimum Gasteiger partial charge on any atom is -0.290 e. The van der Waals surface area contributed by atoms with E-state index in [2.05, 4.69) is 11.5 Å². The van der Waals surface area contributed by atoms with Crippen molar-refractivity contribution in [1.82, 2.24) is 5.43 Å². The number of benzene rings is 2. The monoisotopic (exact) mass is 212 g/mol. The van der Waals surface area contributed by atoms with Gasteiger partial charge in [0.1, 0.15) is 0 Å². The minimum absolute atomic E-state index is 0.226. The summed E-state index contributed by atoms with van der Waals surface area (Å²) in [6.45, 7) is 0. The van der Waals surface area contributed by atoms with Crippen LogP contribution >= 0.6 is 0 Å². The first-order valence-corrected chi connectivity index (χ1v) is 5.35. The molecule has 0 aliphatic heterocycles. The van der Waals surface area contributed by atoms with E-state index < -0.39 is 0 Å². The van der Waals surface area contributed by atoms with Gasteiger partial charge >= 0.3 is 0 Å². The van der Waals surface area contributed by atoms with Crippen molar-refractivity contribution < 1.29 is 4.79 Å². The van der Waals surface area contributed by atoms with Crippen molar-refractivity contribution in [3.05, 3.63) is 47.0 Å². The average molecular weight is 212 g/mol. The molecule has 0 fully saturated rings. The van der Waals surface area contributed by atoms with Gasteiger partial charge in [0.15, 0.2) is 0 Å². The zero-order valence-corrected chi connectivity index (χ0v) is 8.79. The van der Waals surface area contributed by atoms with Crippen LogP contribution < -0.4 is 11.3 Å². The molecule has 3 heteroatoms. The third kappa shape index (κ3) is 1.15. The molecule has 2 aromatic carbocycles. The van der Waals surface area contributed by atoms with Gasteiger partial charge in [-0.1, -0.05) is 24.3 Å². The maximum Gasteiger partial charge on any atom is 0.265 e. The molecule has 0 spiro atoms. The number of nitrogens with one attached hydrogen (secondary N) is 1. The summed E-state index contributed by atoms with van der Waals surface area (Å²) in [6, 6.07) is 10.00. The Morgan fingerprint density at radius 1 is 1.12 bits per heavy atom. The highest BCUT2D eigenvalue weighted by Gasteiger charge is 2.17. The molecule has 0 bridgehead atoms. The molecule has 0 unspecified atom stereocenters. The number of aryl methyl sites for hydroxylation is 2. The number of hydrogen-bond donors (Lipinski definition) is 2. The van der Waals surface area contributed by atoms with Crippen molar-refractivity contribution in [1.29, 1.82) is 0 Å². The Morgan fingerprint density at radius 2 is 1.88 bits per heavy atom. The van der Waals surface area contributed by atoms with Crippen molar-refractivity contribution in [2.24, 2.45) is 5.84 Å². The molecule has 2 aromatic rings. The van der Waals surface area contributed by atoms with Gasteiger partial charge in [-0.15, -0.1) is 0 Å². The fraction of sp³-hybridized carbons (Fsp3) is 0.154. The lowest BCUT2D eigenvalue weighted by molar-refractivity contribution is 0.0955. The van der Waals surface area contributed by atoms with Crippen LogP contribution in [0, 0.1) is 0 Å². The lowest BCUT2D eigenvalue weighted by Crippen LogP contribution is -2.30. The number of amides is 1. The van der Waals surface area contributed by atoms with Crippen LogP contribution in [-0.2, 0) is 12.8 Å². The van der Waals surface area contributed by atoms with Crippen molar-refractivity contribution in [3.63, 3.8) is 0 Å². The van der Waals surface area contributed by atoms with Gasteiger partial charge in [-0.25, -0.2) is 5.84 Å². The molecule has 16 heavy (non-hydrogen) atoms. The second-order valence-corrected chi connectivity index (χ2v) is 4.09. The van der Waals surface area contributed by atoms with Gasteiger partial charge < -0.3 is 0 Å². The third-order valence-corrected chi connectivity index (χ3v) is 3.25. The standard InChI is InChI=1S/C13H12N2O/c14-15-13(16)11-7-6-9-5-4-8-2-1-3-10(11)12(8)9/h1-3,6-7H,4-5,14H2,(H,15,16). The molecule has 0 saturated heterocycles. The topological polar surface area (TPSA) is 55.1 Å². The van der Waals surface area contributed by atoms with Crippen LogP contribution in [0.3, 0.4) is 0 Å². The molecule has 0 radical (unpaired) electrons. The molecular formula is C13H12N2O. The van der Waals surface area contributed by atoms with Gasteiger partial charge in [0.2, 0.25) is 0 Å². The van der Waals surface area contributed by atoms with Crippen LogP contribution in [0.25, 0.3) is 10.8 Å². The molecular weight excluding hydrogens is 200 g/mol. The summed E-state index contributed by atoms with van der Waals surface area (Å²) in [5, 5.41) is 2.25. The van der Waals surface area contributed by atoms with E-state index in [0.29, 0.717) is 5.56 Å². The van der Waals surface area contributed by atoms with Crippen LogP contribution in [0.4, 0.5) is 0 Å². The summed E-state index contributed by atoms with van der Waals surface area (Å²) >= 11 is 0. The van der Waals surface area contributed by atoms with E-state index in [1.54, 1.807) is 0 Å². The van der Waals surface area contributed by atoms with Crippen molar-refractivity contribution in [2.75, 3.05) is 0 Å². The Morgan fingerprint density at radius 3 is 2.62 bits per heavy atom. The smallest absolute Gasteiger partial charge is 0.265 e. The van der Waals surface area contributed by atoms with Gasteiger partial charge in [0.05, 0.1) is 0 Å². The zero-order valence-electron chi connectivity index (χ0n) is 8.79. The second kappa shape index (κ2) is 3.32. The predicted molar refractivity (Wildman–Crippen MR) is 63.0 cm³/mol. The number of rotatable bonds is 1. The molecule has 3 rings (SSSR count). The molecule has 80 valence electrons. The van der Waals surface area contributed by atoms with E-state index in [1.165, 1.54) is 16.5 Å². The fourth-order valence-electron chi connectivity index (χ4n) is 2.52. The van der Waals surface area contributed by atoms with E-state index in [1.807, 2.05) is 24.3 Å². The van der Waals surface area contributed by atoms with Gasteiger partial charge in [-0.05, 0) is 40.8 Å². The van der Waals surface area contributed by atoms with Crippen molar-refractivity contribution in [2.45, 2.75) is 12.8 Å². The lowest BCUT2D eigenvalue weighted by atomic mass is 10.00. The van der Waals surface area contributed by atoms with Gasteiger partial charge in [0, 0.05) is 5.56 Å². The largest absolute Gasteiger partial charge is 0.290 e. The summed E-state index contributed by atoms with van der Waals surface area (Å²) in [5.41, 5.74) is 5.52. The summed E-state index contributed by atoms with van der Waals surface area (Å²) in [6.07, 6.45) is 2.14. The molecule has 0 atom stereocenters. The van der Waals surface area contributed by atoms with Gasteiger partial charge in [-0.3, -0.25) is 10.2 Å². The maximum atomic E-state index is 11.6. The number of nitrogen functional groups attached to an aromatic ring is 1.